The van der Waals surface area contributed by atoms with E-state index in [0.29, 0.717) is 24.2 Å². The summed E-state index contributed by atoms with van der Waals surface area (Å²) in [6.45, 7) is 1.68. The zero-order valence-electron chi connectivity index (χ0n) is 20.1. The fourth-order valence-corrected chi connectivity index (χ4v) is 5.58. The molecule has 2 aromatic heterocycles. The number of H-pyrrole nitrogens is 1. The molecule has 11 heteroatoms. The van der Waals surface area contributed by atoms with Gasteiger partial charge in [-0.15, -0.1) is 0 Å². The number of benzene rings is 1. The van der Waals surface area contributed by atoms with E-state index in [1.165, 1.54) is 12.1 Å². The molecule has 3 aromatic rings. The van der Waals surface area contributed by atoms with Gasteiger partial charge in [0.05, 0.1) is 29.5 Å². The average Bonchev–Trinajstić information content (AvgIpc) is 3.27. The topological polar surface area (TPSA) is 117 Å². The lowest BCUT2D eigenvalue weighted by molar-refractivity contribution is -0.125. The summed E-state index contributed by atoms with van der Waals surface area (Å²) in [4.78, 5) is 26.6. The van der Waals surface area contributed by atoms with E-state index in [0.717, 1.165) is 61.9 Å². The second-order valence-electron chi connectivity index (χ2n) is 9.69. The predicted octanol–water partition coefficient (Wildman–Crippen LogP) is 3.38. The number of pyridine rings is 1. The van der Waals surface area contributed by atoms with Crippen LogP contribution in [0.5, 0.6) is 0 Å². The summed E-state index contributed by atoms with van der Waals surface area (Å²) in [6, 6.07) is 8.44. The highest BCUT2D eigenvalue weighted by Crippen LogP contribution is 2.30. The number of nitrogens with one attached hydrogen (secondary N) is 2. The van der Waals surface area contributed by atoms with Crippen molar-refractivity contribution in [3.8, 4) is 11.4 Å². The van der Waals surface area contributed by atoms with Crippen LogP contribution in [0.2, 0.25) is 0 Å². The molecule has 5 rings (SSSR count). The summed E-state index contributed by atoms with van der Waals surface area (Å²) < 4.78 is 44.4. The van der Waals surface area contributed by atoms with Crippen LogP contribution in [0.1, 0.15) is 38.5 Å². The number of amides is 1. The number of carbonyl (C=O) groups is 1. The van der Waals surface area contributed by atoms with Crippen molar-refractivity contribution in [1.82, 2.24) is 19.7 Å². The average molecular weight is 516 g/mol. The molecule has 1 aliphatic carbocycles. The number of imidazole rings is 1. The summed E-state index contributed by atoms with van der Waals surface area (Å²) in [5.74, 6) is 0.571. The number of piperidine rings is 1. The van der Waals surface area contributed by atoms with Crippen LogP contribution in [0.4, 0.5) is 10.2 Å². The van der Waals surface area contributed by atoms with Crippen molar-refractivity contribution in [2.45, 2.75) is 50.7 Å². The van der Waals surface area contributed by atoms with Crippen molar-refractivity contribution in [2.24, 2.45) is 5.92 Å². The first-order chi connectivity index (χ1) is 17.2. The third-order valence-corrected chi connectivity index (χ3v) is 7.52. The molecule has 1 saturated heterocycles. The largest absolute Gasteiger partial charge is 0.375 e. The van der Waals surface area contributed by atoms with Gasteiger partial charge in [0.25, 0.3) is 0 Å². The highest BCUT2D eigenvalue weighted by atomic mass is 32.2. The van der Waals surface area contributed by atoms with Crippen LogP contribution in [0, 0.1) is 11.7 Å². The Bertz CT molecular complexity index is 1330. The van der Waals surface area contributed by atoms with Crippen LogP contribution >= 0.6 is 0 Å². The van der Waals surface area contributed by atoms with Crippen LogP contribution in [0.15, 0.2) is 36.5 Å². The quantitative estimate of drug-likeness (QED) is 0.517. The van der Waals surface area contributed by atoms with Crippen LogP contribution < -0.4 is 9.62 Å². The molecule has 1 saturated carbocycles. The molecule has 36 heavy (non-hydrogen) atoms. The molecular formula is C25H30FN5O4S. The van der Waals surface area contributed by atoms with Crippen LogP contribution in [0.25, 0.3) is 22.4 Å². The highest BCUT2D eigenvalue weighted by Gasteiger charge is 2.30. The lowest BCUT2D eigenvalue weighted by Crippen LogP contribution is -2.41. The number of halogens is 1. The van der Waals surface area contributed by atoms with Crippen LogP contribution in [-0.4, -0.2) is 60.8 Å². The minimum atomic E-state index is -3.52. The molecule has 0 atom stereocenters. The Balaban J connectivity index is 1.10. The lowest BCUT2D eigenvalue weighted by Gasteiger charge is -2.36. The van der Waals surface area contributed by atoms with Gasteiger partial charge < -0.3 is 14.6 Å². The van der Waals surface area contributed by atoms with E-state index in [1.807, 2.05) is 12.1 Å². The zero-order valence-corrected chi connectivity index (χ0v) is 20.9. The predicted molar refractivity (Wildman–Crippen MR) is 134 cm³/mol. The standard InChI is InChI=1S/C25H30FN5O4S/c1-36(33,34)30-25(32)16-2-6-19(7-3-16)35-20-10-12-31(13-11-20)23-9-4-17(15-27-23)24-28-21-8-5-18(26)14-22(21)29-24/h4-5,8-9,14-16,19-20H,2-3,6-7,10-13H2,1H3,(H,28,29)(H,30,32)/t16-,19-. The molecular weight excluding hydrogens is 485 g/mol. The molecule has 192 valence electrons. The number of rotatable bonds is 6. The molecule has 0 bridgehead atoms. The Kier molecular flexibility index (Phi) is 6.94. The van der Waals surface area contributed by atoms with E-state index >= 15 is 0 Å². The maximum absolute atomic E-state index is 13.4. The Labute approximate surface area is 209 Å². The molecule has 1 aliphatic heterocycles. The first kappa shape index (κ1) is 24.6. The zero-order chi connectivity index (χ0) is 25.3. The SMILES string of the molecule is CS(=O)(=O)NC(=O)[C@H]1CC[C@H](OC2CCN(c3ccc(-c4nc5cc(F)ccc5[nH]4)cn3)CC2)CC1. The second kappa shape index (κ2) is 10.1. The fourth-order valence-electron chi connectivity index (χ4n) is 5.05. The molecule has 0 unspecified atom stereocenters. The summed E-state index contributed by atoms with van der Waals surface area (Å²) >= 11 is 0. The van der Waals surface area contributed by atoms with E-state index < -0.39 is 15.9 Å². The summed E-state index contributed by atoms with van der Waals surface area (Å²) in [5, 5.41) is 0. The molecule has 2 fully saturated rings. The van der Waals surface area contributed by atoms with Gasteiger partial charge in [-0.3, -0.25) is 9.52 Å². The third kappa shape index (κ3) is 5.84. The lowest BCUT2D eigenvalue weighted by atomic mass is 9.87. The summed E-state index contributed by atoms with van der Waals surface area (Å²) in [5.41, 5.74) is 2.21. The smallest absolute Gasteiger partial charge is 0.236 e. The van der Waals surface area contributed by atoms with Gasteiger partial charge in [-0.05, 0) is 62.8 Å². The van der Waals surface area contributed by atoms with Gasteiger partial charge in [0.1, 0.15) is 17.5 Å². The fraction of sp³-hybridized carbons (Fsp3) is 0.480. The van der Waals surface area contributed by atoms with Crippen molar-refractivity contribution in [3.05, 3.63) is 42.3 Å². The van der Waals surface area contributed by atoms with Crippen molar-refractivity contribution >= 4 is 32.8 Å². The molecule has 2 N–H and O–H groups in total. The number of anilines is 1. The van der Waals surface area contributed by atoms with Gasteiger partial charge in [-0.1, -0.05) is 0 Å². The Hall–Kier alpha value is -3.05. The van der Waals surface area contributed by atoms with Gasteiger partial charge in [0, 0.05) is 36.8 Å². The second-order valence-corrected chi connectivity index (χ2v) is 11.4. The Morgan fingerprint density at radius 3 is 2.47 bits per heavy atom. The minimum Gasteiger partial charge on any atom is -0.375 e. The van der Waals surface area contributed by atoms with Crippen molar-refractivity contribution in [2.75, 3.05) is 24.2 Å². The number of hydrogen-bond donors (Lipinski definition) is 2. The van der Waals surface area contributed by atoms with Crippen molar-refractivity contribution in [3.63, 3.8) is 0 Å². The number of fused-ring (bicyclic) bond motifs is 1. The van der Waals surface area contributed by atoms with Crippen molar-refractivity contribution < 1.29 is 22.3 Å². The Morgan fingerprint density at radius 2 is 1.81 bits per heavy atom. The van der Waals surface area contributed by atoms with E-state index in [9.17, 15) is 17.6 Å². The van der Waals surface area contributed by atoms with Crippen molar-refractivity contribution in [1.29, 1.82) is 0 Å². The monoisotopic (exact) mass is 515 g/mol. The summed E-state index contributed by atoms with van der Waals surface area (Å²) in [6.07, 6.45) is 7.66. The number of sulfonamides is 1. The van der Waals surface area contributed by atoms with Crippen LogP contribution in [0.3, 0.4) is 0 Å². The number of aromatic nitrogens is 3. The molecule has 3 heterocycles. The van der Waals surface area contributed by atoms with E-state index in [2.05, 4.69) is 24.6 Å². The van der Waals surface area contributed by atoms with Gasteiger partial charge in [-0.25, -0.2) is 22.8 Å². The molecule has 9 nitrogen and oxygen atoms in total. The minimum absolute atomic E-state index is 0.110. The number of ether oxygens (including phenoxy) is 1. The van der Waals surface area contributed by atoms with Gasteiger partial charge in [-0.2, -0.15) is 0 Å². The first-order valence-corrected chi connectivity index (χ1v) is 14.2. The van der Waals surface area contributed by atoms with E-state index in [1.54, 1.807) is 12.3 Å². The summed E-state index contributed by atoms with van der Waals surface area (Å²) in [7, 11) is -3.52. The normalized spacial score (nSPS) is 21.6. The maximum atomic E-state index is 13.4. The first-order valence-electron chi connectivity index (χ1n) is 12.3. The molecule has 1 aromatic carbocycles. The highest BCUT2D eigenvalue weighted by molar-refractivity contribution is 7.89. The third-order valence-electron chi connectivity index (χ3n) is 6.95. The van der Waals surface area contributed by atoms with Gasteiger partial charge in [0.2, 0.25) is 15.9 Å². The number of carbonyl (C=O) groups excluding carboxylic acids is 1. The van der Waals surface area contributed by atoms with E-state index in [4.69, 9.17) is 4.74 Å². The van der Waals surface area contributed by atoms with Crippen LogP contribution in [-0.2, 0) is 19.6 Å². The number of aromatic amines is 1. The molecule has 1 amide bonds. The van der Waals surface area contributed by atoms with Gasteiger partial charge in [0.15, 0.2) is 0 Å². The number of hydrogen-bond acceptors (Lipinski definition) is 7. The number of nitrogens with zero attached hydrogens (tertiary/aromatic N) is 3. The molecule has 0 spiro atoms. The Morgan fingerprint density at radius 1 is 1.08 bits per heavy atom. The maximum Gasteiger partial charge on any atom is 0.236 e. The molecule has 0 radical (unpaired) electrons. The van der Waals surface area contributed by atoms with Gasteiger partial charge >= 0.3 is 0 Å². The van der Waals surface area contributed by atoms with E-state index in [-0.39, 0.29) is 23.9 Å². The molecule has 2 aliphatic rings.